The van der Waals surface area contributed by atoms with Crippen LogP contribution in [0.5, 0.6) is 0 Å². The summed E-state index contributed by atoms with van der Waals surface area (Å²) in [6, 6.07) is 10.2. The number of aliphatic hydroxyl groups excluding tert-OH is 1. The monoisotopic (exact) mass is 292 g/mol. The molecule has 1 atom stereocenters. The first-order valence-electron chi connectivity index (χ1n) is 7.51. The maximum atomic E-state index is 12.2. The van der Waals surface area contributed by atoms with Crippen LogP contribution in [0.4, 0.5) is 0 Å². The van der Waals surface area contributed by atoms with Crippen LogP contribution in [0.3, 0.4) is 0 Å². The molecule has 4 heteroatoms. The standard InChI is InChI=1S/C17H28N2O2/c1-14(10-11-20)19(12-15-8-6-5-7-9-15)13-16(21)18-17(2,3)4/h5-9,14,20H,10-13H2,1-4H3,(H,18,21). The lowest BCUT2D eigenvalue weighted by molar-refractivity contribution is -0.124. The van der Waals surface area contributed by atoms with E-state index in [4.69, 9.17) is 5.11 Å². The molecular weight excluding hydrogens is 264 g/mol. The highest BCUT2D eigenvalue weighted by Crippen LogP contribution is 2.11. The van der Waals surface area contributed by atoms with Crippen LogP contribution in [0, 0.1) is 0 Å². The maximum Gasteiger partial charge on any atom is 0.234 e. The van der Waals surface area contributed by atoms with Gasteiger partial charge in [-0.25, -0.2) is 0 Å². The molecule has 1 unspecified atom stereocenters. The van der Waals surface area contributed by atoms with E-state index in [9.17, 15) is 4.79 Å². The molecule has 1 aromatic rings. The highest BCUT2D eigenvalue weighted by Gasteiger charge is 2.20. The van der Waals surface area contributed by atoms with Crippen molar-refractivity contribution in [1.82, 2.24) is 10.2 Å². The molecule has 0 radical (unpaired) electrons. The van der Waals surface area contributed by atoms with Crippen molar-refractivity contribution < 1.29 is 9.90 Å². The molecule has 1 aromatic carbocycles. The van der Waals surface area contributed by atoms with Crippen LogP contribution >= 0.6 is 0 Å². The topological polar surface area (TPSA) is 52.6 Å². The Morgan fingerprint density at radius 2 is 1.90 bits per heavy atom. The van der Waals surface area contributed by atoms with Gasteiger partial charge in [0.05, 0.1) is 6.54 Å². The first-order chi connectivity index (χ1) is 9.81. The summed E-state index contributed by atoms with van der Waals surface area (Å²) in [5.41, 5.74) is 0.946. The Kier molecular flexibility index (Phi) is 6.85. The summed E-state index contributed by atoms with van der Waals surface area (Å²) in [4.78, 5) is 14.3. The quantitative estimate of drug-likeness (QED) is 0.810. The van der Waals surface area contributed by atoms with E-state index in [1.54, 1.807) is 0 Å². The number of hydrogen-bond donors (Lipinski definition) is 2. The lowest BCUT2D eigenvalue weighted by atomic mass is 10.1. The van der Waals surface area contributed by atoms with Gasteiger partial charge in [-0.05, 0) is 39.7 Å². The Hall–Kier alpha value is -1.39. The predicted molar refractivity (Wildman–Crippen MR) is 85.9 cm³/mol. The van der Waals surface area contributed by atoms with Crippen molar-refractivity contribution in [1.29, 1.82) is 0 Å². The van der Waals surface area contributed by atoms with Crippen molar-refractivity contribution in [3.05, 3.63) is 35.9 Å². The molecule has 0 spiro atoms. The van der Waals surface area contributed by atoms with Crippen molar-refractivity contribution in [3.8, 4) is 0 Å². The average Bonchev–Trinajstić information content (AvgIpc) is 2.37. The summed E-state index contributed by atoms with van der Waals surface area (Å²) in [7, 11) is 0. The molecule has 1 amide bonds. The van der Waals surface area contributed by atoms with Crippen molar-refractivity contribution in [2.45, 2.75) is 52.2 Å². The van der Waals surface area contributed by atoms with Gasteiger partial charge >= 0.3 is 0 Å². The van der Waals surface area contributed by atoms with Gasteiger partial charge in [0.1, 0.15) is 0 Å². The van der Waals surface area contributed by atoms with Gasteiger partial charge < -0.3 is 10.4 Å². The van der Waals surface area contributed by atoms with Crippen LogP contribution in [-0.2, 0) is 11.3 Å². The number of aliphatic hydroxyl groups is 1. The first kappa shape index (κ1) is 17.7. The number of amides is 1. The maximum absolute atomic E-state index is 12.2. The number of carbonyl (C=O) groups is 1. The third-order valence-corrected chi connectivity index (χ3v) is 3.26. The fourth-order valence-electron chi connectivity index (χ4n) is 2.20. The van der Waals surface area contributed by atoms with Gasteiger partial charge in [0.15, 0.2) is 0 Å². The van der Waals surface area contributed by atoms with Gasteiger partial charge in [0, 0.05) is 24.7 Å². The molecule has 118 valence electrons. The number of nitrogens with zero attached hydrogens (tertiary/aromatic N) is 1. The van der Waals surface area contributed by atoms with E-state index in [-0.39, 0.29) is 24.1 Å². The minimum absolute atomic E-state index is 0.0169. The fourth-order valence-corrected chi connectivity index (χ4v) is 2.20. The zero-order valence-electron chi connectivity index (χ0n) is 13.6. The van der Waals surface area contributed by atoms with Crippen LogP contribution < -0.4 is 5.32 Å². The summed E-state index contributed by atoms with van der Waals surface area (Å²) in [6.07, 6.45) is 0.662. The molecule has 1 rings (SSSR count). The molecular formula is C17H28N2O2. The van der Waals surface area contributed by atoms with Crippen molar-refractivity contribution in [3.63, 3.8) is 0 Å². The highest BCUT2D eigenvalue weighted by molar-refractivity contribution is 5.78. The van der Waals surface area contributed by atoms with Gasteiger partial charge in [-0.2, -0.15) is 0 Å². The minimum Gasteiger partial charge on any atom is -0.396 e. The molecule has 21 heavy (non-hydrogen) atoms. The molecule has 0 aliphatic carbocycles. The van der Waals surface area contributed by atoms with Crippen molar-refractivity contribution in [2.75, 3.05) is 13.2 Å². The number of hydrogen-bond acceptors (Lipinski definition) is 3. The Balaban J connectivity index is 2.71. The molecule has 0 aliphatic rings. The lowest BCUT2D eigenvalue weighted by Crippen LogP contribution is -2.47. The summed E-state index contributed by atoms with van der Waals surface area (Å²) in [5, 5.41) is 12.1. The summed E-state index contributed by atoms with van der Waals surface area (Å²) in [5.74, 6) is 0.0169. The largest absolute Gasteiger partial charge is 0.396 e. The predicted octanol–water partition coefficient (Wildman–Crippen LogP) is 2.17. The Morgan fingerprint density at radius 3 is 2.43 bits per heavy atom. The number of nitrogens with one attached hydrogen (secondary N) is 1. The zero-order valence-corrected chi connectivity index (χ0v) is 13.6. The average molecular weight is 292 g/mol. The third kappa shape index (κ3) is 7.25. The van der Waals surface area contributed by atoms with Gasteiger partial charge in [0.25, 0.3) is 0 Å². The summed E-state index contributed by atoms with van der Waals surface area (Å²) < 4.78 is 0. The van der Waals surface area contributed by atoms with Crippen LogP contribution in [0.25, 0.3) is 0 Å². The Labute approximate surface area is 128 Å². The second kappa shape index (κ2) is 8.15. The molecule has 0 fully saturated rings. The Bertz CT molecular complexity index is 426. The Morgan fingerprint density at radius 1 is 1.29 bits per heavy atom. The highest BCUT2D eigenvalue weighted by atomic mass is 16.3. The van der Waals surface area contributed by atoms with Crippen LogP contribution in [0.1, 0.15) is 39.7 Å². The van der Waals surface area contributed by atoms with Gasteiger partial charge in [0.2, 0.25) is 5.91 Å². The molecule has 0 aromatic heterocycles. The van der Waals surface area contributed by atoms with E-state index in [0.717, 1.165) is 0 Å². The van der Waals surface area contributed by atoms with Crippen LogP contribution in [-0.4, -0.2) is 40.6 Å². The SMILES string of the molecule is CC(CCO)N(CC(=O)NC(C)(C)C)Cc1ccccc1. The van der Waals surface area contributed by atoms with E-state index in [1.807, 2.05) is 45.9 Å². The second-order valence-electron chi connectivity index (χ2n) is 6.55. The molecule has 4 nitrogen and oxygen atoms in total. The normalized spacial score (nSPS) is 13.2. The van der Waals surface area contributed by atoms with E-state index < -0.39 is 0 Å². The smallest absolute Gasteiger partial charge is 0.234 e. The van der Waals surface area contributed by atoms with E-state index >= 15 is 0 Å². The zero-order chi connectivity index (χ0) is 15.9. The van der Waals surface area contributed by atoms with Crippen LogP contribution in [0.2, 0.25) is 0 Å². The van der Waals surface area contributed by atoms with Crippen molar-refractivity contribution >= 4 is 5.91 Å². The third-order valence-electron chi connectivity index (χ3n) is 3.26. The van der Waals surface area contributed by atoms with Crippen molar-refractivity contribution in [2.24, 2.45) is 0 Å². The van der Waals surface area contributed by atoms with Gasteiger partial charge in [-0.15, -0.1) is 0 Å². The van der Waals surface area contributed by atoms with Gasteiger partial charge in [-0.3, -0.25) is 9.69 Å². The molecule has 0 saturated heterocycles. The molecule has 0 bridgehead atoms. The number of benzene rings is 1. The summed E-state index contributed by atoms with van der Waals surface area (Å²) in [6.45, 7) is 9.15. The fraction of sp³-hybridized carbons (Fsp3) is 0.588. The number of carbonyl (C=O) groups excluding carboxylic acids is 1. The van der Waals surface area contributed by atoms with E-state index in [1.165, 1.54) is 5.56 Å². The first-order valence-corrected chi connectivity index (χ1v) is 7.51. The van der Waals surface area contributed by atoms with E-state index in [0.29, 0.717) is 19.5 Å². The summed E-state index contributed by atoms with van der Waals surface area (Å²) >= 11 is 0. The molecule has 2 N–H and O–H groups in total. The second-order valence-corrected chi connectivity index (χ2v) is 6.55. The minimum atomic E-state index is -0.226. The lowest BCUT2D eigenvalue weighted by Gasteiger charge is -2.30. The molecule has 0 heterocycles. The molecule has 0 saturated carbocycles. The molecule has 0 aliphatic heterocycles. The van der Waals surface area contributed by atoms with Gasteiger partial charge in [-0.1, -0.05) is 30.3 Å². The van der Waals surface area contributed by atoms with Crippen LogP contribution in [0.15, 0.2) is 30.3 Å². The number of rotatable bonds is 7. The van der Waals surface area contributed by atoms with E-state index in [2.05, 4.69) is 22.3 Å².